The summed E-state index contributed by atoms with van der Waals surface area (Å²) in [5.41, 5.74) is 0. The highest BCUT2D eigenvalue weighted by Crippen LogP contribution is 2.26. The molecule has 5 heteroatoms. The summed E-state index contributed by atoms with van der Waals surface area (Å²) in [5.74, 6) is -0.484. The highest BCUT2D eigenvalue weighted by atomic mass is 16.4. The molecule has 0 bridgehead atoms. The second-order valence-electron chi connectivity index (χ2n) is 7.91. The molecule has 0 aromatic rings. The Labute approximate surface area is 160 Å². The Morgan fingerprint density at radius 1 is 0.962 bits per heavy atom. The average molecular weight is 370 g/mol. The molecule has 26 heavy (non-hydrogen) atoms. The maximum atomic E-state index is 12.0. The number of carbonyl (C=O) groups excluding carboxylic acids is 1. The monoisotopic (exact) mass is 369 g/mol. The zero-order valence-corrected chi connectivity index (χ0v) is 17.3. The van der Waals surface area contributed by atoms with E-state index in [0.717, 1.165) is 32.5 Å². The fourth-order valence-electron chi connectivity index (χ4n) is 3.90. The molecule has 1 unspecified atom stereocenters. The van der Waals surface area contributed by atoms with E-state index in [1.807, 2.05) is 18.7 Å². The number of nitrogens with zero attached hydrogens (tertiary/aromatic N) is 2. The van der Waals surface area contributed by atoms with Crippen LogP contribution in [0.25, 0.3) is 0 Å². The molecule has 0 spiro atoms. The van der Waals surface area contributed by atoms with Crippen LogP contribution in [-0.4, -0.2) is 65.1 Å². The smallest absolute Gasteiger partial charge is 0.359 e. The fourth-order valence-corrected chi connectivity index (χ4v) is 3.90. The van der Waals surface area contributed by atoms with Crippen LogP contribution in [-0.2, 0) is 9.59 Å². The van der Waals surface area contributed by atoms with Crippen molar-refractivity contribution in [2.75, 3.05) is 32.7 Å². The second-order valence-corrected chi connectivity index (χ2v) is 7.91. The first-order valence-electron chi connectivity index (χ1n) is 10.9. The topological polar surface area (TPSA) is 57.4 Å². The van der Waals surface area contributed by atoms with Crippen LogP contribution in [0.1, 0.15) is 85.0 Å². The molecule has 152 valence electrons. The van der Waals surface area contributed by atoms with E-state index in [2.05, 4.69) is 6.92 Å². The lowest BCUT2D eigenvalue weighted by Crippen LogP contribution is -2.53. The number of likely N-dealkylation sites (N-methyl/N-ethyl adjacent to an activating group) is 1. The van der Waals surface area contributed by atoms with Crippen molar-refractivity contribution < 1.29 is 19.2 Å². The van der Waals surface area contributed by atoms with Crippen molar-refractivity contribution >= 4 is 11.9 Å². The lowest BCUT2D eigenvalue weighted by atomic mass is 10.1. The normalized spacial score (nSPS) is 17.0. The lowest BCUT2D eigenvalue weighted by Gasteiger charge is -2.35. The van der Waals surface area contributed by atoms with E-state index in [1.165, 1.54) is 51.4 Å². The first-order valence-corrected chi connectivity index (χ1v) is 10.9. The number of carboxylic acids is 1. The standard InChI is InChI=1S/C21H40N2O3/c1-4-7-8-9-10-11-12-13-14-15-19-21(26)22(19)16-17-23(5-2,6-3)18-20(24)25/h19H,4-18H2,1-3H3/p+1. The number of rotatable bonds is 17. The van der Waals surface area contributed by atoms with Gasteiger partial charge in [0, 0.05) is 0 Å². The van der Waals surface area contributed by atoms with Gasteiger partial charge in [-0.3, -0.25) is 4.79 Å². The fraction of sp³-hybridized carbons (Fsp3) is 0.905. The van der Waals surface area contributed by atoms with E-state index in [-0.39, 0.29) is 18.5 Å². The molecule has 1 N–H and O–H groups in total. The second kappa shape index (κ2) is 12.3. The molecular formula is C21H41N2O3+. The van der Waals surface area contributed by atoms with Gasteiger partial charge in [-0.25, -0.2) is 4.79 Å². The number of amides is 1. The van der Waals surface area contributed by atoms with Crippen LogP contribution in [0.5, 0.6) is 0 Å². The van der Waals surface area contributed by atoms with Gasteiger partial charge < -0.3 is 14.5 Å². The molecule has 0 aliphatic carbocycles. The van der Waals surface area contributed by atoms with Crippen LogP contribution >= 0.6 is 0 Å². The Morgan fingerprint density at radius 3 is 2.00 bits per heavy atom. The van der Waals surface area contributed by atoms with Crippen molar-refractivity contribution in [3.63, 3.8) is 0 Å². The van der Waals surface area contributed by atoms with E-state index in [1.54, 1.807) is 0 Å². The largest absolute Gasteiger partial charge is 0.477 e. The van der Waals surface area contributed by atoms with Crippen LogP contribution in [0.15, 0.2) is 0 Å². The van der Waals surface area contributed by atoms with Crippen molar-refractivity contribution in [2.45, 2.75) is 91.0 Å². The van der Waals surface area contributed by atoms with Gasteiger partial charge >= 0.3 is 5.97 Å². The average Bonchev–Trinajstić information content (AvgIpc) is 3.25. The minimum absolute atomic E-state index is 0.111. The molecule has 1 fully saturated rings. The summed E-state index contributed by atoms with van der Waals surface area (Å²) >= 11 is 0. The van der Waals surface area contributed by atoms with Crippen molar-refractivity contribution in [3.8, 4) is 0 Å². The van der Waals surface area contributed by atoms with Crippen LogP contribution in [0.2, 0.25) is 0 Å². The molecule has 0 aromatic heterocycles. The predicted molar refractivity (Wildman–Crippen MR) is 106 cm³/mol. The van der Waals surface area contributed by atoms with Gasteiger partial charge in [-0.1, -0.05) is 64.7 Å². The van der Waals surface area contributed by atoms with Gasteiger partial charge in [0.05, 0.1) is 26.2 Å². The maximum Gasteiger partial charge on any atom is 0.359 e. The Bertz CT molecular complexity index is 421. The van der Waals surface area contributed by atoms with Crippen molar-refractivity contribution in [3.05, 3.63) is 0 Å². The molecule has 1 heterocycles. The number of carbonyl (C=O) groups is 2. The molecule has 1 atom stereocenters. The Kier molecular flexibility index (Phi) is 10.9. The maximum absolute atomic E-state index is 12.0. The molecule has 0 radical (unpaired) electrons. The molecule has 1 rings (SSSR count). The van der Waals surface area contributed by atoms with Crippen molar-refractivity contribution in [2.24, 2.45) is 0 Å². The van der Waals surface area contributed by atoms with Gasteiger partial charge in [-0.2, -0.15) is 0 Å². The quantitative estimate of drug-likeness (QED) is 0.239. The Balaban J connectivity index is 2.14. The minimum atomic E-state index is -0.753. The summed E-state index contributed by atoms with van der Waals surface area (Å²) in [6, 6.07) is 0.111. The third-order valence-corrected chi connectivity index (χ3v) is 6.09. The number of hydrogen-bond acceptors (Lipinski definition) is 2. The Morgan fingerprint density at radius 2 is 1.50 bits per heavy atom. The third-order valence-electron chi connectivity index (χ3n) is 6.09. The zero-order valence-electron chi connectivity index (χ0n) is 17.3. The number of hydrogen-bond donors (Lipinski definition) is 1. The van der Waals surface area contributed by atoms with Gasteiger partial charge in [0.15, 0.2) is 6.54 Å². The molecule has 1 amide bonds. The van der Waals surface area contributed by atoms with Gasteiger partial charge in [0.25, 0.3) is 0 Å². The Hall–Kier alpha value is -1.10. The first-order chi connectivity index (χ1) is 12.5. The molecule has 1 aliphatic heterocycles. The molecule has 1 saturated heterocycles. The van der Waals surface area contributed by atoms with Crippen molar-refractivity contribution in [1.82, 2.24) is 4.90 Å². The number of unbranched alkanes of at least 4 members (excludes halogenated alkanes) is 8. The summed E-state index contributed by atoms with van der Waals surface area (Å²) in [4.78, 5) is 25.1. The number of carboxylic acid groups (broad SMARTS) is 1. The SMILES string of the molecule is CCCCCCCCCCCC1C(=O)N1CC[N+](CC)(CC)CC(=O)O. The predicted octanol–water partition coefficient (Wildman–Crippen LogP) is 4.06. The zero-order chi connectivity index (χ0) is 19.4. The van der Waals surface area contributed by atoms with E-state index in [0.29, 0.717) is 11.0 Å². The summed E-state index contributed by atoms with van der Waals surface area (Å²) in [7, 11) is 0. The molecule has 0 aromatic carbocycles. The third kappa shape index (κ3) is 8.07. The summed E-state index contributed by atoms with van der Waals surface area (Å²) in [6.45, 7) is 9.53. The van der Waals surface area contributed by atoms with E-state index in [9.17, 15) is 9.59 Å². The van der Waals surface area contributed by atoms with Gasteiger partial charge in [-0.05, 0) is 20.3 Å². The lowest BCUT2D eigenvalue weighted by molar-refractivity contribution is -0.917. The summed E-state index contributed by atoms with van der Waals surface area (Å²) in [6.07, 6.45) is 12.7. The highest BCUT2D eigenvalue weighted by molar-refractivity contribution is 5.96. The molecule has 1 aliphatic rings. The van der Waals surface area contributed by atoms with Gasteiger partial charge in [-0.15, -0.1) is 0 Å². The number of aliphatic carboxylic acids is 1. The first kappa shape index (κ1) is 22.9. The molecule has 5 nitrogen and oxygen atoms in total. The van der Waals surface area contributed by atoms with Crippen LogP contribution in [0.4, 0.5) is 0 Å². The molecule has 0 saturated carbocycles. The van der Waals surface area contributed by atoms with E-state index < -0.39 is 5.97 Å². The van der Waals surface area contributed by atoms with Gasteiger partial charge in [0.2, 0.25) is 5.91 Å². The highest BCUT2D eigenvalue weighted by Gasteiger charge is 2.45. The van der Waals surface area contributed by atoms with Crippen LogP contribution in [0.3, 0.4) is 0 Å². The van der Waals surface area contributed by atoms with Crippen LogP contribution in [0, 0.1) is 0 Å². The minimum Gasteiger partial charge on any atom is -0.477 e. The van der Waals surface area contributed by atoms with Crippen LogP contribution < -0.4 is 0 Å². The van der Waals surface area contributed by atoms with Gasteiger partial charge in [0.1, 0.15) is 6.04 Å². The summed E-state index contributed by atoms with van der Waals surface area (Å²) < 4.78 is 0.559. The van der Waals surface area contributed by atoms with E-state index >= 15 is 0 Å². The van der Waals surface area contributed by atoms with Crippen molar-refractivity contribution in [1.29, 1.82) is 0 Å². The number of quaternary nitrogens is 1. The molecular weight excluding hydrogens is 328 g/mol. The summed E-state index contributed by atoms with van der Waals surface area (Å²) in [5, 5.41) is 9.15. The van der Waals surface area contributed by atoms with E-state index in [4.69, 9.17) is 5.11 Å².